The fourth-order valence-electron chi connectivity index (χ4n) is 4.06. The van der Waals surface area contributed by atoms with Crippen LogP contribution in [0.2, 0.25) is 5.02 Å². The van der Waals surface area contributed by atoms with Crippen molar-refractivity contribution in [3.05, 3.63) is 130 Å². The minimum atomic E-state index is -3.07. The molecule has 0 saturated carbocycles. The van der Waals surface area contributed by atoms with Crippen molar-refractivity contribution in [2.45, 2.75) is 31.7 Å². The number of aryl methyl sites for hydroxylation is 1. The lowest BCUT2D eigenvalue weighted by Crippen LogP contribution is -2.40. The zero-order valence-electron chi connectivity index (χ0n) is 20.4. The Kier molecular flexibility index (Phi) is 8.77. The number of anilines is 1. The molecule has 3 nitrogen and oxygen atoms in total. The van der Waals surface area contributed by atoms with Crippen LogP contribution in [0.1, 0.15) is 34.9 Å². The first-order valence-corrected chi connectivity index (χ1v) is 11.8. The molecular formula is C29H29ClF3N3. The quantitative estimate of drug-likeness (QED) is 0.270. The van der Waals surface area contributed by atoms with Gasteiger partial charge >= 0.3 is 0 Å². The van der Waals surface area contributed by atoms with E-state index in [2.05, 4.69) is 16.0 Å². The van der Waals surface area contributed by atoms with E-state index in [0.717, 1.165) is 18.1 Å². The summed E-state index contributed by atoms with van der Waals surface area (Å²) >= 11 is 6.69. The largest absolute Gasteiger partial charge is 0.370 e. The van der Waals surface area contributed by atoms with E-state index in [-0.39, 0.29) is 5.56 Å². The van der Waals surface area contributed by atoms with Crippen molar-refractivity contribution in [3.8, 4) is 0 Å². The molecule has 0 amide bonds. The average Bonchev–Trinajstić information content (AvgIpc) is 2.85. The van der Waals surface area contributed by atoms with Gasteiger partial charge in [0.25, 0.3) is 5.92 Å². The van der Waals surface area contributed by atoms with Gasteiger partial charge in [-0.15, -0.1) is 0 Å². The Balaban J connectivity index is 0.00000176. The maximum atomic E-state index is 14.4. The van der Waals surface area contributed by atoms with Crippen LogP contribution in [0.15, 0.2) is 91.1 Å². The fraction of sp³-hybridized carbons (Fsp3) is 0.207. The van der Waals surface area contributed by atoms with Crippen molar-refractivity contribution in [1.82, 2.24) is 4.98 Å². The number of nitrogens with two attached hydrogens (primary N) is 1. The van der Waals surface area contributed by atoms with Gasteiger partial charge in [0.1, 0.15) is 11.4 Å². The van der Waals surface area contributed by atoms with Crippen LogP contribution in [0, 0.1) is 12.7 Å². The molecule has 0 bridgehead atoms. The van der Waals surface area contributed by atoms with Crippen LogP contribution in [-0.2, 0) is 17.9 Å². The third-order valence-corrected chi connectivity index (χ3v) is 6.11. The predicted octanol–water partition coefficient (Wildman–Crippen LogP) is 7.47. The van der Waals surface area contributed by atoms with Crippen LogP contribution in [0.4, 0.5) is 18.9 Å². The van der Waals surface area contributed by atoms with E-state index in [9.17, 15) is 13.2 Å². The highest BCUT2D eigenvalue weighted by Crippen LogP contribution is 2.42. The topological polar surface area (TPSA) is 50.9 Å². The van der Waals surface area contributed by atoms with Gasteiger partial charge in [-0.2, -0.15) is 0 Å². The third-order valence-electron chi connectivity index (χ3n) is 5.78. The molecule has 1 atom stereocenters. The first-order chi connectivity index (χ1) is 17.2. The zero-order chi connectivity index (χ0) is 26.3. The van der Waals surface area contributed by atoms with Gasteiger partial charge in [0.2, 0.25) is 0 Å². The van der Waals surface area contributed by atoms with Crippen molar-refractivity contribution in [2.75, 3.05) is 12.4 Å². The van der Waals surface area contributed by atoms with Crippen molar-refractivity contribution >= 4 is 17.3 Å². The highest BCUT2D eigenvalue weighted by atomic mass is 35.5. The second kappa shape index (κ2) is 11.6. The minimum absolute atomic E-state index is 0.169. The second-order valence-corrected chi connectivity index (χ2v) is 8.91. The van der Waals surface area contributed by atoms with Gasteiger partial charge in [-0.3, -0.25) is 4.98 Å². The van der Waals surface area contributed by atoms with Crippen molar-refractivity contribution in [2.24, 2.45) is 5.73 Å². The summed E-state index contributed by atoms with van der Waals surface area (Å²) in [6.45, 7) is 2.77. The van der Waals surface area contributed by atoms with E-state index in [1.54, 1.807) is 18.3 Å². The molecule has 0 saturated heterocycles. The van der Waals surface area contributed by atoms with Crippen molar-refractivity contribution in [1.29, 1.82) is 0 Å². The number of hydrogen-bond acceptors (Lipinski definition) is 3. The summed E-state index contributed by atoms with van der Waals surface area (Å²) in [5.41, 5.74) is 6.52. The Morgan fingerprint density at radius 3 is 2.25 bits per heavy atom. The molecule has 4 aromatic rings. The van der Waals surface area contributed by atoms with Crippen LogP contribution in [0.5, 0.6) is 0 Å². The zero-order valence-corrected chi connectivity index (χ0v) is 21.2. The molecule has 3 N–H and O–H groups in total. The molecule has 0 spiro atoms. The van der Waals surface area contributed by atoms with Crippen LogP contribution >= 0.6 is 11.6 Å². The van der Waals surface area contributed by atoms with Crippen molar-refractivity contribution < 1.29 is 13.2 Å². The van der Waals surface area contributed by atoms with E-state index in [1.807, 2.05) is 49.4 Å². The lowest BCUT2D eigenvalue weighted by Gasteiger charge is -2.37. The van der Waals surface area contributed by atoms with Crippen LogP contribution in [0.3, 0.4) is 0 Å². The first-order valence-electron chi connectivity index (χ1n) is 11.4. The molecule has 1 unspecified atom stereocenters. The molecule has 3 aromatic carbocycles. The summed E-state index contributed by atoms with van der Waals surface area (Å²) < 4.78 is 42.9. The number of pyridine rings is 1. The highest BCUT2D eigenvalue weighted by molar-refractivity contribution is 6.31. The van der Waals surface area contributed by atoms with Gasteiger partial charge in [-0.1, -0.05) is 60.1 Å². The molecule has 0 radical (unpaired) electrons. The van der Waals surface area contributed by atoms with Gasteiger partial charge in [-0.05, 0) is 61.5 Å². The highest BCUT2D eigenvalue weighted by Gasteiger charge is 2.39. The number of aromatic nitrogens is 1. The summed E-state index contributed by atoms with van der Waals surface area (Å²) in [5.74, 6) is -3.49. The minimum Gasteiger partial charge on any atom is -0.370 e. The smallest absolute Gasteiger partial charge is 0.270 e. The molecule has 0 aliphatic carbocycles. The van der Waals surface area contributed by atoms with Gasteiger partial charge in [-0.25, -0.2) is 13.2 Å². The molecule has 1 heterocycles. The number of nitrogens with one attached hydrogen (secondary N) is 1. The monoisotopic (exact) mass is 511 g/mol. The number of alkyl halides is 2. The Hall–Kier alpha value is -3.35. The van der Waals surface area contributed by atoms with Gasteiger partial charge in [0, 0.05) is 41.4 Å². The molecule has 0 aliphatic heterocycles. The number of benzene rings is 3. The van der Waals surface area contributed by atoms with E-state index < -0.39 is 17.3 Å². The molecule has 1 aromatic heterocycles. The number of hydrogen-bond donors (Lipinski definition) is 2. The van der Waals surface area contributed by atoms with Crippen LogP contribution in [-0.4, -0.2) is 12.0 Å². The summed E-state index contributed by atoms with van der Waals surface area (Å²) in [5, 5.41) is 3.72. The Morgan fingerprint density at radius 1 is 0.917 bits per heavy atom. The molecular weight excluding hydrogens is 483 g/mol. The molecule has 0 fully saturated rings. The molecule has 188 valence electrons. The van der Waals surface area contributed by atoms with E-state index in [0.29, 0.717) is 28.4 Å². The summed E-state index contributed by atoms with van der Waals surface area (Å²) in [4.78, 5) is 4.67. The van der Waals surface area contributed by atoms with Crippen molar-refractivity contribution in [3.63, 3.8) is 0 Å². The Morgan fingerprint density at radius 2 is 1.64 bits per heavy atom. The predicted molar refractivity (Wildman–Crippen MR) is 141 cm³/mol. The summed E-state index contributed by atoms with van der Waals surface area (Å²) in [6, 6.07) is 23.6. The van der Waals surface area contributed by atoms with Gasteiger partial charge < -0.3 is 11.1 Å². The lowest BCUT2D eigenvalue weighted by molar-refractivity contribution is 0.0173. The maximum Gasteiger partial charge on any atom is 0.270 e. The van der Waals surface area contributed by atoms with E-state index >= 15 is 0 Å². The number of nitrogens with zero attached hydrogens (tertiary/aromatic N) is 1. The summed E-state index contributed by atoms with van der Waals surface area (Å²) in [6.07, 6.45) is 2.05. The van der Waals surface area contributed by atoms with Gasteiger partial charge in [0.15, 0.2) is 0 Å². The molecule has 36 heavy (non-hydrogen) atoms. The average molecular weight is 512 g/mol. The Bertz CT molecular complexity index is 1280. The third kappa shape index (κ3) is 6.25. The van der Waals surface area contributed by atoms with Crippen LogP contribution < -0.4 is 11.1 Å². The first kappa shape index (κ1) is 27.2. The Labute approximate surface area is 215 Å². The van der Waals surface area contributed by atoms with E-state index in [1.165, 1.54) is 37.4 Å². The SMILES string of the molecule is CN.Cc1ccc(C(Cc2ccccc2)(Nc2cccc(F)c2)c2cc(C(C)(F)F)ccc2Cl)nc1. The van der Waals surface area contributed by atoms with Gasteiger partial charge in [0.05, 0.1) is 5.69 Å². The second-order valence-electron chi connectivity index (χ2n) is 8.51. The fourth-order valence-corrected chi connectivity index (χ4v) is 4.34. The standard InChI is InChI=1S/C28H24ClF3N2.CH5N/c1-19-11-14-26(33-18-19)28(17-20-7-4-3-5-8-20,34-23-10-6-9-22(30)16-23)24-15-21(27(2,31)32)12-13-25(24)29;1-2/h3-16,18,34H,17H2,1-2H3;2H2,1H3. The number of rotatable bonds is 7. The molecule has 0 aliphatic rings. The van der Waals surface area contributed by atoms with Crippen LogP contribution in [0.25, 0.3) is 0 Å². The summed E-state index contributed by atoms with van der Waals surface area (Å²) in [7, 11) is 1.50. The normalized spacial score (nSPS) is 12.8. The lowest BCUT2D eigenvalue weighted by atomic mass is 9.79. The number of halogens is 4. The molecule has 7 heteroatoms. The molecule has 4 rings (SSSR count). The van der Waals surface area contributed by atoms with E-state index in [4.69, 9.17) is 11.6 Å². The maximum absolute atomic E-state index is 14.4.